The summed E-state index contributed by atoms with van der Waals surface area (Å²) in [5, 5.41) is 12.9. The van der Waals surface area contributed by atoms with Crippen LogP contribution in [0.15, 0.2) is 18.6 Å². The predicted octanol–water partition coefficient (Wildman–Crippen LogP) is 0.902. The summed E-state index contributed by atoms with van der Waals surface area (Å²) in [5.41, 5.74) is -0.456. The lowest BCUT2D eigenvalue weighted by molar-refractivity contribution is 0.00521. The van der Waals surface area contributed by atoms with Crippen LogP contribution in [-0.4, -0.2) is 33.1 Å². The highest BCUT2D eigenvalue weighted by Gasteiger charge is 2.29. The Kier molecular flexibility index (Phi) is 3.68. The number of hydrogen-bond donors (Lipinski definition) is 2. The van der Waals surface area contributed by atoms with Crippen molar-refractivity contribution in [3.05, 3.63) is 24.3 Å². The van der Waals surface area contributed by atoms with E-state index in [1.807, 2.05) is 0 Å². The van der Waals surface area contributed by atoms with Gasteiger partial charge < -0.3 is 10.4 Å². The van der Waals surface area contributed by atoms with Gasteiger partial charge in [-0.1, -0.05) is 19.3 Å². The van der Waals surface area contributed by atoms with Gasteiger partial charge >= 0.3 is 0 Å². The van der Waals surface area contributed by atoms with Gasteiger partial charge in [-0.25, -0.2) is 4.98 Å². The number of aromatic nitrogens is 2. The largest absolute Gasteiger partial charge is 0.388 e. The molecule has 5 nitrogen and oxygen atoms in total. The molecule has 1 aliphatic rings. The second kappa shape index (κ2) is 5.23. The van der Waals surface area contributed by atoms with Crippen LogP contribution in [0, 0.1) is 0 Å². The summed E-state index contributed by atoms with van der Waals surface area (Å²) >= 11 is 0. The molecule has 1 aromatic rings. The van der Waals surface area contributed by atoms with Crippen LogP contribution >= 0.6 is 0 Å². The molecule has 0 atom stereocenters. The molecule has 0 aromatic carbocycles. The molecule has 1 saturated carbocycles. The third-order valence-corrected chi connectivity index (χ3v) is 3.16. The van der Waals surface area contributed by atoms with E-state index in [1.165, 1.54) is 25.0 Å². The van der Waals surface area contributed by atoms with Crippen LogP contribution < -0.4 is 5.32 Å². The van der Waals surface area contributed by atoms with E-state index in [4.69, 9.17) is 0 Å². The Hall–Kier alpha value is -1.49. The van der Waals surface area contributed by atoms with Crippen molar-refractivity contribution in [2.24, 2.45) is 0 Å². The van der Waals surface area contributed by atoms with Crippen molar-refractivity contribution in [2.75, 3.05) is 6.54 Å². The van der Waals surface area contributed by atoms with Gasteiger partial charge in [0, 0.05) is 18.9 Å². The summed E-state index contributed by atoms with van der Waals surface area (Å²) in [6.07, 6.45) is 9.15. The number of carbonyl (C=O) groups excluding carboxylic acids is 1. The Labute approximate surface area is 100 Å². The molecule has 1 heterocycles. The highest BCUT2D eigenvalue weighted by Crippen LogP contribution is 2.27. The molecule has 0 radical (unpaired) electrons. The molecule has 92 valence electrons. The van der Waals surface area contributed by atoms with Crippen LogP contribution in [0.1, 0.15) is 42.6 Å². The van der Waals surface area contributed by atoms with Gasteiger partial charge in [0.25, 0.3) is 5.91 Å². The van der Waals surface area contributed by atoms with Gasteiger partial charge in [-0.15, -0.1) is 0 Å². The molecule has 1 fully saturated rings. The van der Waals surface area contributed by atoms with Crippen molar-refractivity contribution in [1.82, 2.24) is 15.3 Å². The molecular weight excluding hydrogens is 218 g/mol. The fourth-order valence-electron chi connectivity index (χ4n) is 2.14. The zero-order valence-electron chi connectivity index (χ0n) is 9.72. The summed E-state index contributed by atoms with van der Waals surface area (Å²) in [4.78, 5) is 19.4. The first-order valence-electron chi connectivity index (χ1n) is 5.96. The summed E-state index contributed by atoms with van der Waals surface area (Å²) in [6.45, 7) is 0.294. The monoisotopic (exact) mass is 235 g/mol. The van der Waals surface area contributed by atoms with Crippen LogP contribution in [0.25, 0.3) is 0 Å². The second-order valence-corrected chi connectivity index (χ2v) is 4.56. The van der Waals surface area contributed by atoms with Crippen molar-refractivity contribution < 1.29 is 9.90 Å². The van der Waals surface area contributed by atoms with Crippen molar-refractivity contribution in [3.63, 3.8) is 0 Å². The number of carbonyl (C=O) groups is 1. The maximum absolute atomic E-state index is 11.7. The first-order chi connectivity index (χ1) is 8.20. The topological polar surface area (TPSA) is 75.1 Å². The zero-order chi connectivity index (χ0) is 12.1. The third-order valence-electron chi connectivity index (χ3n) is 3.16. The van der Waals surface area contributed by atoms with Gasteiger partial charge in [0.1, 0.15) is 5.69 Å². The Morgan fingerprint density at radius 1 is 1.35 bits per heavy atom. The lowest BCUT2D eigenvalue weighted by Crippen LogP contribution is -2.44. The van der Waals surface area contributed by atoms with E-state index in [9.17, 15) is 9.90 Å². The molecule has 0 spiro atoms. The van der Waals surface area contributed by atoms with Crippen molar-refractivity contribution in [3.8, 4) is 0 Å². The Bertz CT molecular complexity index is 375. The lowest BCUT2D eigenvalue weighted by atomic mass is 9.85. The molecule has 0 unspecified atom stereocenters. The van der Waals surface area contributed by atoms with Crippen LogP contribution in [0.2, 0.25) is 0 Å². The SMILES string of the molecule is O=C(NCC1(O)CCCCC1)c1cnccn1. The Morgan fingerprint density at radius 3 is 2.76 bits per heavy atom. The third kappa shape index (κ3) is 3.23. The van der Waals surface area contributed by atoms with E-state index in [0.717, 1.165) is 25.7 Å². The first-order valence-corrected chi connectivity index (χ1v) is 5.96. The van der Waals surface area contributed by atoms with E-state index in [1.54, 1.807) is 0 Å². The number of nitrogens with one attached hydrogen (secondary N) is 1. The van der Waals surface area contributed by atoms with Crippen LogP contribution in [0.3, 0.4) is 0 Å². The zero-order valence-corrected chi connectivity index (χ0v) is 9.72. The molecule has 1 aromatic heterocycles. The summed E-state index contributed by atoms with van der Waals surface area (Å²) in [7, 11) is 0. The maximum atomic E-state index is 11.7. The first kappa shape index (κ1) is 12.0. The normalized spacial score (nSPS) is 18.6. The molecule has 0 bridgehead atoms. The molecular formula is C12H17N3O2. The summed E-state index contributed by atoms with van der Waals surface area (Å²) < 4.78 is 0. The number of aliphatic hydroxyl groups is 1. The molecule has 2 rings (SSSR count). The van der Waals surface area contributed by atoms with Crippen molar-refractivity contribution in [1.29, 1.82) is 0 Å². The lowest BCUT2D eigenvalue weighted by Gasteiger charge is -2.31. The molecule has 0 saturated heterocycles. The van der Waals surface area contributed by atoms with E-state index in [-0.39, 0.29) is 11.6 Å². The van der Waals surface area contributed by atoms with Gasteiger partial charge in [-0.2, -0.15) is 0 Å². The molecule has 1 amide bonds. The highest BCUT2D eigenvalue weighted by molar-refractivity contribution is 5.91. The maximum Gasteiger partial charge on any atom is 0.271 e. The van der Waals surface area contributed by atoms with Gasteiger partial charge in [0.15, 0.2) is 0 Å². The summed E-state index contributed by atoms with van der Waals surface area (Å²) in [6, 6.07) is 0. The molecule has 17 heavy (non-hydrogen) atoms. The number of amides is 1. The van der Waals surface area contributed by atoms with Crippen molar-refractivity contribution in [2.45, 2.75) is 37.7 Å². The van der Waals surface area contributed by atoms with Gasteiger partial charge in [0.05, 0.1) is 11.8 Å². The van der Waals surface area contributed by atoms with Crippen LogP contribution in [0.5, 0.6) is 0 Å². The quantitative estimate of drug-likeness (QED) is 0.816. The van der Waals surface area contributed by atoms with Crippen LogP contribution in [0.4, 0.5) is 0 Å². The fourth-order valence-corrected chi connectivity index (χ4v) is 2.14. The van der Waals surface area contributed by atoms with E-state index in [0.29, 0.717) is 6.54 Å². The van der Waals surface area contributed by atoms with Gasteiger partial charge in [-0.3, -0.25) is 9.78 Å². The van der Waals surface area contributed by atoms with E-state index >= 15 is 0 Å². The fraction of sp³-hybridized carbons (Fsp3) is 0.583. The summed E-state index contributed by atoms with van der Waals surface area (Å²) in [5.74, 6) is -0.280. The highest BCUT2D eigenvalue weighted by atomic mass is 16.3. The van der Waals surface area contributed by atoms with Crippen LogP contribution in [-0.2, 0) is 0 Å². The molecule has 0 aliphatic heterocycles. The van der Waals surface area contributed by atoms with E-state index in [2.05, 4.69) is 15.3 Å². The minimum absolute atomic E-state index is 0.280. The predicted molar refractivity (Wildman–Crippen MR) is 62.4 cm³/mol. The Balaban J connectivity index is 1.87. The van der Waals surface area contributed by atoms with Crippen molar-refractivity contribution >= 4 is 5.91 Å². The minimum Gasteiger partial charge on any atom is -0.388 e. The van der Waals surface area contributed by atoms with E-state index < -0.39 is 5.60 Å². The minimum atomic E-state index is -0.740. The molecule has 5 heteroatoms. The smallest absolute Gasteiger partial charge is 0.271 e. The second-order valence-electron chi connectivity index (χ2n) is 4.56. The van der Waals surface area contributed by atoms with Gasteiger partial charge in [0.2, 0.25) is 0 Å². The van der Waals surface area contributed by atoms with Gasteiger partial charge in [-0.05, 0) is 12.8 Å². The number of hydrogen-bond acceptors (Lipinski definition) is 4. The molecule has 2 N–H and O–H groups in total. The standard InChI is InChI=1S/C12H17N3O2/c16-11(10-8-13-6-7-14-10)15-9-12(17)4-2-1-3-5-12/h6-8,17H,1-5,9H2,(H,15,16). The Morgan fingerprint density at radius 2 is 2.12 bits per heavy atom. The average Bonchev–Trinajstić information content (AvgIpc) is 2.38. The average molecular weight is 235 g/mol. The molecule has 1 aliphatic carbocycles. The number of rotatable bonds is 3. The number of nitrogens with zero attached hydrogens (tertiary/aromatic N) is 2.